The summed E-state index contributed by atoms with van der Waals surface area (Å²) in [6, 6.07) is 24.4. The molecule has 4 rings (SSSR count). The van der Waals surface area contributed by atoms with Crippen LogP contribution >= 0.6 is 15.9 Å². The molecule has 0 spiro atoms. The summed E-state index contributed by atoms with van der Waals surface area (Å²) in [4.78, 5) is 29.7. The summed E-state index contributed by atoms with van der Waals surface area (Å²) in [5, 5.41) is 3.27. The van der Waals surface area contributed by atoms with E-state index < -0.39 is 16.1 Å². The van der Waals surface area contributed by atoms with Crippen molar-refractivity contribution in [2.24, 2.45) is 0 Å². The molecule has 1 atom stereocenters. The Morgan fingerprint density at radius 3 is 2.23 bits per heavy atom. The van der Waals surface area contributed by atoms with E-state index in [1.54, 1.807) is 4.90 Å². The van der Waals surface area contributed by atoms with Gasteiger partial charge in [-0.05, 0) is 66.6 Å². The number of sulfonamides is 1. The highest BCUT2D eigenvalue weighted by Crippen LogP contribution is 2.23. The second-order valence-electron chi connectivity index (χ2n) is 11.7. The molecule has 7 nitrogen and oxygen atoms in total. The van der Waals surface area contributed by atoms with Gasteiger partial charge in [0.15, 0.2) is 0 Å². The molecule has 0 unspecified atom stereocenters. The number of nitrogens with zero attached hydrogens (tertiary/aromatic N) is 2. The Bertz CT molecular complexity index is 1480. The van der Waals surface area contributed by atoms with Gasteiger partial charge in [-0.25, -0.2) is 8.42 Å². The maximum atomic E-state index is 14.1. The molecule has 0 bridgehead atoms. The SMILES string of the molecule is CCc1ccc(N(CCCC(=O)N(Cc2cccc(Br)c2)[C@@H](Cc2ccccc2)C(=O)NC2CCCCC2)S(C)(=O)=O)cc1. The Labute approximate surface area is 271 Å². The molecule has 1 saturated carbocycles. The summed E-state index contributed by atoms with van der Waals surface area (Å²) in [5.74, 6) is -0.322. The van der Waals surface area contributed by atoms with Crippen molar-refractivity contribution in [3.63, 3.8) is 0 Å². The molecule has 1 N–H and O–H groups in total. The van der Waals surface area contributed by atoms with Crippen LogP contribution in [0.1, 0.15) is 68.6 Å². The maximum absolute atomic E-state index is 14.1. The molecule has 0 radical (unpaired) electrons. The molecule has 0 heterocycles. The van der Waals surface area contributed by atoms with E-state index in [0.717, 1.165) is 53.3 Å². The Kier molecular flexibility index (Phi) is 12.4. The van der Waals surface area contributed by atoms with Crippen molar-refractivity contribution in [2.75, 3.05) is 17.1 Å². The average Bonchev–Trinajstić information content (AvgIpc) is 3.01. The van der Waals surface area contributed by atoms with Crippen molar-refractivity contribution in [1.29, 1.82) is 0 Å². The van der Waals surface area contributed by atoms with Crippen LogP contribution in [0, 0.1) is 0 Å². The standard InChI is InChI=1S/C35H44BrN3O4S/c1-3-27-19-21-32(22-20-27)39(44(2,42)43)23-11-18-34(40)38(26-29-14-10-15-30(36)24-29)33(25-28-12-6-4-7-13-28)35(41)37-31-16-8-5-9-17-31/h4,6-7,10,12-15,19-22,24,31,33H,3,5,8-9,11,16-18,23,25-26H2,1-2H3,(H,37,41)/t33-/m0/s1. The number of rotatable bonds is 14. The molecule has 1 fully saturated rings. The van der Waals surface area contributed by atoms with Crippen molar-refractivity contribution >= 4 is 43.5 Å². The van der Waals surface area contributed by atoms with Crippen LogP contribution in [0.5, 0.6) is 0 Å². The molecule has 1 aliphatic carbocycles. The highest BCUT2D eigenvalue weighted by Gasteiger charge is 2.32. The summed E-state index contributed by atoms with van der Waals surface area (Å²) in [6.45, 7) is 2.48. The fourth-order valence-electron chi connectivity index (χ4n) is 5.83. The predicted molar refractivity (Wildman–Crippen MR) is 181 cm³/mol. The van der Waals surface area contributed by atoms with E-state index in [1.165, 1.54) is 17.0 Å². The lowest BCUT2D eigenvalue weighted by Gasteiger charge is -2.34. The lowest BCUT2D eigenvalue weighted by atomic mass is 9.94. The van der Waals surface area contributed by atoms with Crippen molar-refractivity contribution in [3.05, 3.63) is 100 Å². The molecule has 2 amide bonds. The van der Waals surface area contributed by atoms with Crippen LogP contribution < -0.4 is 9.62 Å². The third kappa shape index (κ3) is 9.92. The van der Waals surface area contributed by atoms with E-state index >= 15 is 0 Å². The first-order valence-corrected chi connectivity index (χ1v) is 18.2. The third-order valence-electron chi connectivity index (χ3n) is 8.25. The molecule has 3 aromatic carbocycles. The van der Waals surface area contributed by atoms with Gasteiger partial charge in [0.05, 0.1) is 11.9 Å². The van der Waals surface area contributed by atoms with Crippen LogP contribution in [0.2, 0.25) is 0 Å². The van der Waals surface area contributed by atoms with E-state index in [2.05, 4.69) is 28.2 Å². The number of carbonyl (C=O) groups excluding carboxylic acids is 2. The zero-order valence-corrected chi connectivity index (χ0v) is 28.2. The van der Waals surface area contributed by atoms with Gasteiger partial charge in [-0.2, -0.15) is 0 Å². The normalized spacial score (nSPS) is 14.5. The monoisotopic (exact) mass is 681 g/mol. The lowest BCUT2D eigenvalue weighted by Crippen LogP contribution is -2.52. The molecule has 9 heteroatoms. The van der Waals surface area contributed by atoms with Gasteiger partial charge in [-0.3, -0.25) is 13.9 Å². The van der Waals surface area contributed by atoms with E-state index in [1.807, 2.05) is 78.9 Å². The molecular weight excluding hydrogens is 638 g/mol. The van der Waals surface area contributed by atoms with Gasteiger partial charge in [0.25, 0.3) is 0 Å². The molecule has 44 heavy (non-hydrogen) atoms. The lowest BCUT2D eigenvalue weighted by molar-refractivity contribution is -0.141. The van der Waals surface area contributed by atoms with E-state index in [0.29, 0.717) is 18.5 Å². The third-order valence-corrected chi connectivity index (χ3v) is 9.94. The largest absolute Gasteiger partial charge is 0.352 e. The van der Waals surface area contributed by atoms with E-state index in [-0.39, 0.29) is 37.4 Å². The maximum Gasteiger partial charge on any atom is 0.243 e. The Hall–Kier alpha value is -3.17. The molecule has 236 valence electrons. The van der Waals surface area contributed by atoms with Crippen LogP contribution in [0.4, 0.5) is 5.69 Å². The second kappa shape index (κ2) is 16.2. The fourth-order valence-corrected chi connectivity index (χ4v) is 7.24. The van der Waals surface area contributed by atoms with Gasteiger partial charge >= 0.3 is 0 Å². The summed E-state index contributed by atoms with van der Waals surface area (Å²) in [5.41, 5.74) is 3.58. The van der Waals surface area contributed by atoms with Gasteiger partial charge < -0.3 is 10.2 Å². The first-order valence-electron chi connectivity index (χ1n) is 15.6. The van der Waals surface area contributed by atoms with Crippen molar-refractivity contribution in [2.45, 2.75) is 83.3 Å². The first-order chi connectivity index (χ1) is 21.1. The molecule has 0 saturated heterocycles. The molecule has 1 aliphatic rings. The first kappa shape index (κ1) is 33.7. The van der Waals surface area contributed by atoms with E-state index in [4.69, 9.17) is 0 Å². The van der Waals surface area contributed by atoms with Crippen molar-refractivity contribution in [1.82, 2.24) is 10.2 Å². The van der Waals surface area contributed by atoms with Gasteiger partial charge in [0.1, 0.15) is 6.04 Å². The fraction of sp³-hybridized carbons (Fsp3) is 0.429. The Morgan fingerprint density at radius 2 is 1.59 bits per heavy atom. The molecule has 0 aliphatic heterocycles. The summed E-state index contributed by atoms with van der Waals surface area (Å²) in [6.07, 6.45) is 8.12. The summed E-state index contributed by atoms with van der Waals surface area (Å²) in [7, 11) is -3.56. The highest BCUT2D eigenvalue weighted by molar-refractivity contribution is 9.10. The number of anilines is 1. The number of hydrogen-bond acceptors (Lipinski definition) is 4. The smallest absolute Gasteiger partial charge is 0.243 e. The van der Waals surface area contributed by atoms with Gasteiger partial charge in [0, 0.05) is 36.4 Å². The summed E-state index contributed by atoms with van der Waals surface area (Å²) >= 11 is 3.54. The highest BCUT2D eigenvalue weighted by atomic mass is 79.9. The van der Waals surface area contributed by atoms with Crippen molar-refractivity contribution < 1.29 is 18.0 Å². The zero-order valence-electron chi connectivity index (χ0n) is 25.8. The Balaban J connectivity index is 1.58. The number of amides is 2. The number of nitrogens with one attached hydrogen (secondary N) is 1. The summed E-state index contributed by atoms with van der Waals surface area (Å²) < 4.78 is 27.7. The predicted octanol–water partition coefficient (Wildman–Crippen LogP) is 6.65. The van der Waals surface area contributed by atoms with Crippen LogP contribution in [0.25, 0.3) is 0 Å². The van der Waals surface area contributed by atoms with Crippen LogP contribution in [0.3, 0.4) is 0 Å². The van der Waals surface area contributed by atoms with Crippen LogP contribution in [-0.4, -0.2) is 50.0 Å². The van der Waals surface area contributed by atoms with Gasteiger partial charge in [-0.15, -0.1) is 0 Å². The topological polar surface area (TPSA) is 86.8 Å². The molecule has 3 aromatic rings. The number of halogens is 1. The van der Waals surface area contributed by atoms with Gasteiger partial charge in [0.2, 0.25) is 21.8 Å². The number of hydrogen-bond donors (Lipinski definition) is 1. The Morgan fingerprint density at radius 1 is 0.909 bits per heavy atom. The molecular formula is C35H44BrN3O4S. The minimum Gasteiger partial charge on any atom is -0.352 e. The zero-order chi connectivity index (χ0) is 31.5. The minimum atomic E-state index is -3.56. The van der Waals surface area contributed by atoms with Crippen LogP contribution in [-0.2, 0) is 39.0 Å². The quantitative estimate of drug-likeness (QED) is 0.207. The number of carbonyl (C=O) groups is 2. The van der Waals surface area contributed by atoms with E-state index in [9.17, 15) is 18.0 Å². The van der Waals surface area contributed by atoms with Gasteiger partial charge in [-0.1, -0.05) is 96.7 Å². The number of benzene rings is 3. The van der Waals surface area contributed by atoms with Crippen LogP contribution in [0.15, 0.2) is 83.3 Å². The second-order valence-corrected chi connectivity index (χ2v) is 14.5. The minimum absolute atomic E-state index is 0.106. The average molecular weight is 683 g/mol. The molecule has 0 aromatic heterocycles. The van der Waals surface area contributed by atoms with Crippen molar-refractivity contribution in [3.8, 4) is 0 Å². The number of aryl methyl sites for hydroxylation is 1.